The third-order valence-electron chi connectivity index (χ3n) is 3.52. The first-order chi connectivity index (χ1) is 10.7. The van der Waals surface area contributed by atoms with Crippen LogP contribution in [-0.2, 0) is 25.3 Å². The van der Waals surface area contributed by atoms with Crippen LogP contribution >= 0.6 is 0 Å². The summed E-state index contributed by atoms with van der Waals surface area (Å²) < 4.78 is 44.1. The van der Waals surface area contributed by atoms with Gasteiger partial charge in [0.2, 0.25) is 5.91 Å². The smallest absolute Gasteiger partial charge is 0.416 e. The minimum Gasteiger partial charge on any atom is -0.451 e. The number of esters is 1. The second-order valence-corrected chi connectivity index (χ2v) is 5.09. The van der Waals surface area contributed by atoms with E-state index in [2.05, 4.69) is 0 Å². The van der Waals surface area contributed by atoms with E-state index in [-0.39, 0.29) is 18.4 Å². The fraction of sp³-hybridized carbons (Fsp3) is 0.400. The number of benzene rings is 1. The molecule has 0 saturated carbocycles. The summed E-state index contributed by atoms with van der Waals surface area (Å²) in [5.74, 6) is -3.48. The predicted octanol–water partition coefficient (Wildman–Crippen LogP) is 2.16. The third kappa shape index (κ3) is 3.69. The Kier molecular flexibility index (Phi) is 4.72. The van der Waals surface area contributed by atoms with Gasteiger partial charge in [-0.1, -0.05) is 25.1 Å². The monoisotopic (exact) mass is 329 g/mol. The van der Waals surface area contributed by atoms with Gasteiger partial charge < -0.3 is 4.74 Å². The van der Waals surface area contributed by atoms with Crippen LogP contribution < -0.4 is 5.32 Å². The van der Waals surface area contributed by atoms with Gasteiger partial charge in [0.25, 0.3) is 5.91 Å². The quantitative estimate of drug-likeness (QED) is 0.679. The van der Waals surface area contributed by atoms with Crippen molar-refractivity contribution in [1.82, 2.24) is 5.32 Å². The molecule has 1 N–H and O–H groups in total. The summed E-state index contributed by atoms with van der Waals surface area (Å²) >= 11 is 0. The van der Waals surface area contributed by atoms with Crippen molar-refractivity contribution in [2.45, 2.75) is 38.0 Å². The van der Waals surface area contributed by atoms with Crippen LogP contribution in [0.15, 0.2) is 24.3 Å². The molecule has 2 unspecified atom stereocenters. The lowest BCUT2D eigenvalue weighted by Gasteiger charge is -2.20. The zero-order valence-electron chi connectivity index (χ0n) is 12.1. The summed E-state index contributed by atoms with van der Waals surface area (Å²) in [6, 6.07) is 4.72. The highest BCUT2D eigenvalue weighted by Crippen LogP contribution is 2.36. The van der Waals surface area contributed by atoms with Gasteiger partial charge in [-0.05, 0) is 18.1 Å². The van der Waals surface area contributed by atoms with Crippen LogP contribution in [0.3, 0.4) is 0 Å². The Balaban J connectivity index is 2.25. The van der Waals surface area contributed by atoms with E-state index in [1.165, 1.54) is 18.2 Å². The molecule has 0 bridgehead atoms. The van der Waals surface area contributed by atoms with E-state index in [0.717, 1.165) is 6.07 Å². The fourth-order valence-corrected chi connectivity index (χ4v) is 2.42. The first-order valence-electron chi connectivity index (χ1n) is 6.94. The van der Waals surface area contributed by atoms with Crippen molar-refractivity contribution >= 4 is 17.8 Å². The van der Waals surface area contributed by atoms with Crippen LogP contribution in [0.1, 0.15) is 36.8 Å². The summed E-state index contributed by atoms with van der Waals surface area (Å²) in [7, 11) is 0. The largest absolute Gasteiger partial charge is 0.451 e. The Labute approximate surface area is 129 Å². The van der Waals surface area contributed by atoms with E-state index < -0.39 is 41.5 Å². The lowest BCUT2D eigenvalue weighted by molar-refractivity contribution is -0.156. The number of hydrogen-bond acceptors (Lipinski definition) is 4. The van der Waals surface area contributed by atoms with Crippen LogP contribution in [0.2, 0.25) is 0 Å². The molecule has 1 aromatic rings. The van der Waals surface area contributed by atoms with Crippen molar-refractivity contribution < 1.29 is 32.3 Å². The summed E-state index contributed by atoms with van der Waals surface area (Å²) in [5, 5.41) is 1.97. The van der Waals surface area contributed by atoms with Crippen molar-refractivity contribution in [3.63, 3.8) is 0 Å². The number of ether oxygens (including phenoxy) is 1. The first-order valence-corrected chi connectivity index (χ1v) is 6.94. The third-order valence-corrected chi connectivity index (χ3v) is 3.52. The number of carbonyl (C=O) groups excluding carboxylic acids is 3. The molecule has 5 nitrogen and oxygen atoms in total. The Bertz CT molecular complexity index is 642. The maximum atomic E-state index is 13.1. The molecule has 1 aromatic carbocycles. The second kappa shape index (κ2) is 6.39. The van der Waals surface area contributed by atoms with Gasteiger partial charge in [0, 0.05) is 0 Å². The Morgan fingerprint density at radius 2 is 2.00 bits per heavy atom. The standard InChI is InChI=1S/C15H14F3NO4/c1-2-8(9-5-3-4-6-10(9)15(16,17)18)14(22)23-11-7-12(20)19-13(11)21/h3-6,8,11H,2,7H2,1H3,(H,19,20,21). The van der Waals surface area contributed by atoms with E-state index in [1.807, 2.05) is 5.32 Å². The number of carbonyl (C=O) groups is 3. The second-order valence-electron chi connectivity index (χ2n) is 5.09. The molecule has 0 spiro atoms. The van der Waals surface area contributed by atoms with Crippen molar-refractivity contribution in [3.05, 3.63) is 35.4 Å². The maximum absolute atomic E-state index is 13.1. The van der Waals surface area contributed by atoms with Gasteiger partial charge in [0.05, 0.1) is 17.9 Å². The summed E-state index contributed by atoms with van der Waals surface area (Å²) in [6.07, 6.45) is -6.15. The molecule has 1 fully saturated rings. The maximum Gasteiger partial charge on any atom is 0.416 e. The zero-order valence-corrected chi connectivity index (χ0v) is 12.1. The Hall–Kier alpha value is -2.38. The van der Waals surface area contributed by atoms with Gasteiger partial charge in [-0.3, -0.25) is 19.7 Å². The van der Waals surface area contributed by atoms with Crippen LogP contribution in [0.4, 0.5) is 13.2 Å². The molecule has 0 aromatic heterocycles. The lowest BCUT2D eigenvalue weighted by Crippen LogP contribution is -2.30. The number of hydrogen-bond donors (Lipinski definition) is 1. The average Bonchev–Trinajstić information content (AvgIpc) is 2.77. The van der Waals surface area contributed by atoms with Gasteiger partial charge >= 0.3 is 12.1 Å². The molecule has 1 aliphatic rings. The molecule has 2 atom stereocenters. The summed E-state index contributed by atoms with van der Waals surface area (Å²) in [5.41, 5.74) is -1.13. The number of imide groups is 1. The molecular weight excluding hydrogens is 315 g/mol. The van der Waals surface area contributed by atoms with Crippen LogP contribution in [-0.4, -0.2) is 23.9 Å². The zero-order chi connectivity index (χ0) is 17.2. The van der Waals surface area contributed by atoms with Crippen molar-refractivity contribution in [2.75, 3.05) is 0 Å². The number of rotatable bonds is 4. The minimum atomic E-state index is -4.61. The van der Waals surface area contributed by atoms with Crippen molar-refractivity contribution in [2.24, 2.45) is 0 Å². The Morgan fingerprint density at radius 3 is 2.52 bits per heavy atom. The fourth-order valence-electron chi connectivity index (χ4n) is 2.42. The number of nitrogens with one attached hydrogen (secondary N) is 1. The molecule has 1 heterocycles. The lowest BCUT2D eigenvalue weighted by atomic mass is 9.91. The number of alkyl halides is 3. The molecule has 2 amide bonds. The summed E-state index contributed by atoms with van der Waals surface area (Å²) in [6.45, 7) is 1.54. The van der Waals surface area contributed by atoms with Gasteiger partial charge in [0.1, 0.15) is 0 Å². The van der Waals surface area contributed by atoms with E-state index in [9.17, 15) is 27.6 Å². The molecule has 0 radical (unpaired) electrons. The van der Waals surface area contributed by atoms with E-state index in [0.29, 0.717) is 0 Å². The normalized spacial score (nSPS) is 19.4. The SMILES string of the molecule is CCC(C(=O)OC1CC(=O)NC1=O)c1ccccc1C(F)(F)F. The van der Waals surface area contributed by atoms with Gasteiger partial charge in [-0.2, -0.15) is 13.2 Å². The molecule has 23 heavy (non-hydrogen) atoms. The minimum absolute atomic E-state index is 0.0637. The average molecular weight is 329 g/mol. The molecule has 1 aliphatic heterocycles. The molecule has 124 valence electrons. The highest BCUT2D eigenvalue weighted by molar-refractivity contribution is 6.05. The topological polar surface area (TPSA) is 72.5 Å². The van der Waals surface area contributed by atoms with Crippen LogP contribution in [0.25, 0.3) is 0 Å². The molecule has 1 saturated heterocycles. The van der Waals surface area contributed by atoms with Gasteiger partial charge in [-0.25, -0.2) is 0 Å². The highest BCUT2D eigenvalue weighted by atomic mass is 19.4. The van der Waals surface area contributed by atoms with E-state index in [1.54, 1.807) is 6.92 Å². The molecule has 0 aliphatic carbocycles. The number of halogens is 3. The first kappa shape index (κ1) is 17.0. The van der Waals surface area contributed by atoms with E-state index in [4.69, 9.17) is 4.74 Å². The van der Waals surface area contributed by atoms with Gasteiger partial charge in [-0.15, -0.1) is 0 Å². The molecule has 8 heteroatoms. The Morgan fingerprint density at radius 1 is 1.35 bits per heavy atom. The highest BCUT2D eigenvalue weighted by Gasteiger charge is 2.39. The van der Waals surface area contributed by atoms with Crippen molar-refractivity contribution in [3.8, 4) is 0 Å². The predicted molar refractivity (Wildman–Crippen MR) is 72.1 cm³/mol. The van der Waals surface area contributed by atoms with Crippen molar-refractivity contribution in [1.29, 1.82) is 0 Å². The van der Waals surface area contributed by atoms with E-state index >= 15 is 0 Å². The summed E-state index contributed by atoms with van der Waals surface area (Å²) in [4.78, 5) is 34.7. The number of amides is 2. The van der Waals surface area contributed by atoms with Crippen LogP contribution in [0.5, 0.6) is 0 Å². The molecule has 2 rings (SSSR count). The van der Waals surface area contributed by atoms with Gasteiger partial charge in [0.15, 0.2) is 6.10 Å². The molecular formula is C15H14F3NO4. The van der Waals surface area contributed by atoms with Crippen LogP contribution in [0, 0.1) is 0 Å².